The van der Waals surface area contributed by atoms with E-state index in [1.165, 1.54) is 13.2 Å². The molecule has 0 aliphatic rings. The molecule has 23 heavy (non-hydrogen) atoms. The van der Waals surface area contributed by atoms with E-state index in [4.69, 9.17) is 26.3 Å². The van der Waals surface area contributed by atoms with Crippen molar-refractivity contribution < 1.29 is 19.0 Å². The third-order valence-corrected chi connectivity index (χ3v) is 3.19. The first-order chi connectivity index (χ1) is 11.0. The van der Waals surface area contributed by atoms with E-state index < -0.39 is 12.1 Å². The fraction of sp³-hybridized carbons (Fsp3) is 0.176. The Morgan fingerprint density at radius 3 is 2.43 bits per heavy atom. The Balaban J connectivity index is 2.09. The number of hydrogen-bond donors (Lipinski definition) is 0. The number of carbonyl (C=O) groups is 1. The number of carbonyl (C=O) groups excluding carboxylic acids is 1. The van der Waals surface area contributed by atoms with E-state index in [0.717, 1.165) is 0 Å². The maximum Gasteiger partial charge on any atom is 0.346 e. The predicted molar refractivity (Wildman–Crippen MR) is 84.8 cm³/mol. The van der Waals surface area contributed by atoms with Crippen molar-refractivity contribution in [1.82, 2.24) is 0 Å². The van der Waals surface area contributed by atoms with Gasteiger partial charge < -0.3 is 14.2 Å². The molecule has 0 amide bonds. The second kappa shape index (κ2) is 7.52. The van der Waals surface area contributed by atoms with Gasteiger partial charge in [0.05, 0.1) is 12.7 Å². The molecule has 118 valence electrons. The van der Waals surface area contributed by atoms with Gasteiger partial charge in [0.1, 0.15) is 23.3 Å². The summed E-state index contributed by atoms with van der Waals surface area (Å²) in [6.07, 6.45) is -0.701. The van der Waals surface area contributed by atoms with Crippen LogP contribution >= 0.6 is 11.6 Å². The average Bonchev–Trinajstić information content (AvgIpc) is 2.57. The van der Waals surface area contributed by atoms with E-state index in [0.29, 0.717) is 27.8 Å². The van der Waals surface area contributed by atoms with Crippen molar-refractivity contribution >= 4 is 17.6 Å². The molecule has 2 rings (SSSR count). The normalized spacial score (nSPS) is 11.2. The summed E-state index contributed by atoms with van der Waals surface area (Å²) >= 11 is 5.84. The SMILES string of the molecule is COC(=O)C(C)Oc1ccc(Oc2ccc(Cl)cc2C#N)cc1. The highest BCUT2D eigenvalue weighted by Crippen LogP contribution is 2.28. The van der Waals surface area contributed by atoms with Crippen LogP contribution in [0.5, 0.6) is 17.2 Å². The van der Waals surface area contributed by atoms with Gasteiger partial charge in [0.15, 0.2) is 6.10 Å². The second-order valence-corrected chi connectivity index (χ2v) is 5.05. The molecule has 0 aliphatic heterocycles. The molecule has 0 fully saturated rings. The van der Waals surface area contributed by atoms with Crippen LogP contribution in [0.2, 0.25) is 5.02 Å². The maximum atomic E-state index is 11.3. The lowest BCUT2D eigenvalue weighted by molar-refractivity contribution is -0.147. The van der Waals surface area contributed by atoms with Crippen LogP contribution in [0, 0.1) is 11.3 Å². The predicted octanol–water partition coefficient (Wildman–Crippen LogP) is 3.94. The monoisotopic (exact) mass is 331 g/mol. The summed E-state index contributed by atoms with van der Waals surface area (Å²) in [6.45, 7) is 1.60. The zero-order valence-electron chi connectivity index (χ0n) is 12.6. The minimum atomic E-state index is -0.701. The summed E-state index contributed by atoms with van der Waals surface area (Å²) < 4.78 is 15.7. The van der Waals surface area contributed by atoms with Gasteiger partial charge in [-0.15, -0.1) is 0 Å². The van der Waals surface area contributed by atoms with Crippen molar-refractivity contribution in [3.05, 3.63) is 53.1 Å². The maximum absolute atomic E-state index is 11.3. The number of rotatable bonds is 5. The van der Waals surface area contributed by atoms with Gasteiger partial charge in [-0.3, -0.25) is 0 Å². The van der Waals surface area contributed by atoms with Crippen LogP contribution in [-0.4, -0.2) is 19.2 Å². The molecule has 2 aromatic rings. The molecule has 0 spiro atoms. The zero-order chi connectivity index (χ0) is 16.8. The largest absolute Gasteiger partial charge is 0.479 e. The molecule has 0 aliphatic carbocycles. The highest BCUT2D eigenvalue weighted by molar-refractivity contribution is 6.30. The van der Waals surface area contributed by atoms with Crippen LogP contribution in [-0.2, 0) is 9.53 Å². The fourth-order valence-electron chi connectivity index (χ4n) is 1.81. The van der Waals surface area contributed by atoms with Crippen molar-refractivity contribution in [3.8, 4) is 23.3 Å². The molecule has 0 saturated carbocycles. The smallest absolute Gasteiger partial charge is 0.346 e. The highest BCUT2D eigenvalue weighted by atomic mass is 35.5. The Morgan fingerprint density at radius 2 is 1.83 bits per heavy atom. The van der Waals surface area contributed by atoms with E-state index in [1.807, 2.05) is 6.07 Å². The lowest BCUT2D eigenvalue weighted by Crippen LogP contribution is -2.24. The van der Waals surface area contributed by atoms with Gasteiger partial charge in [0.25, 0.3) is 0 Å². The van der Waals surface area contributed by atoms with E-state index in [-0.39, 0.29) is 0 Å². The van der Waals surface area contributed by atoms with Crippen LogP contribution in [0.4, 0.5) is 0 Å². The molecule has 0 aromatic heterocycles. The molecular formula is C17H14ClNO4. The lowest BCUT2D eigenvalue weighted by Gasteiger charge is -2.13. The van der Waals surface area contributed by atoms with Crippen molar-refractivity contribution in [2.75, 3.05) is 7.11 Å². The molecule has 2 aromatic carbocycles. The van der Waals surface area contributed by atoms with Gasteiger partial charge >= 0.3 is 5.97 Å². The Bertz CT molecular complexity index is 737. The summed E-state index contributed by atoms with van der Waals surface area (Å²) in [5, 5.41) is 9.55. The minimum absolute atomic E-state index is 0.345. The van der Waals surface area contributed by atoms with Crippen LogP contribution in [0.25, 0.3) is 0 Å². The van der Waals surface area contributed by atoms with Crippen LogP contribution < -0.4 is 9.47 Å². The third kappa shape index (κ3) is 4.38. The number of nitrogens with zero attached hydrogens (tertiary/aromatic N) is 1. The van der Waals surface area contributed by atoms with Gasteiger partial charge in [-0.25, -0.2) is 4.79 Å². The van der Waals surface area contributed by atoms with E-state index in [9.17, 15) is 4.79 Å². The summed E-state index contributed by atoms with van der Waals surface area (Å²) in [5.74, 6) is 0.993. The first-order valence-corrected chi connectivity index (χ1v) is 7.13. The fourth-order valence-corrected chi connectivity index (χ4v) is 1.98. The van der Waals surface area contributed by atoms with Crippen molar-refractivity contribution in [3.63, 3.8) is 0 Å². The highest BCUT2D eigenvalue weighted by Gasteiger charge is 2.14. The van der Waals surface area contributed by atoms with E-state index in [1.54, 1.807) is 43.3 Å². The molecule has 5 nitrogen and oxygen atoms in total. The minimum Gasteiger partial charge on any atom is -0.479 e. The van der Waals surface area contributed by atoms with Crippen LogP contribution in [0.15, 0.2) is 42.5 Å². The first-order valence-electron chi connectivity index (χ1n) is 6.75. The molecule has 0 heterocycles. The lowest BCUT2D eigenvalue weighted by atomic mass is 10.2. The van der Waals surface area contributed by atoms with Crippen LogP contribution in [0.1, 0.15) is 12.5 Å². The number of nitriles is 1. The van der Waals surface area contributed by atoms with E-state index in [2.05, 4.69) is 4.74 Å². The van der Waals surface area contributed by atoms with Gasteiger partial charge in [0, 0.05) is 5.02 Å². The zero-order valence-corrected chi connectivity index (χ0v) is 13.3. The average molecular weight is 332 g/mol. The topological polar surface area (TPSA) is 68.6 Å². The molecular weight excluding hydrogens is 318 g/mol. The molecule has 0 N–H and O–H groups in total. The molecule has 6 heteroatoms. The number of hydrogen-bond acceptors (Lipinski definition) is 5. The summed E-state index contributed by atoms with van der Waals surface area (Å²) in [7, 11) is 1.30. The molecule has 1 atom stereocenters. The molecule has 1 unspecified atom stereocenters. The van der Waals surface area contributed by atoms with Gasteiger partial charge in [0.2, 0.25) is 0 Å². The number of ether oxygens (including phenoxy) is 3. The summed E-state index contributed by atoms with van der Waals surface area (Å²) in [6, 6.07) is 13.5. The van der Waals surface area contributed by atoms with Gasteiger partial charge in [-0.1, -0.05) is 11.6 Å². The van der Waals surface area contributed by atoms with Crippen molar-refractivity contribution in [1.29, 1.82) is 5.26 Å². The van der Waals surface area contributed by atoms with Gasteiger partial charge in [-0.2, -0.15) is 5.26 Å². The van der Waals surface area contributed by atoms with Crippen LogP contribution in [0.3, 0.4) is 0 Å². The summed E-state index contributed by atoms with van der Waals surface area (Å²) in [4.78, 5) is 11.3. The number of halogens is 1. The Kier molecular flexibility index (Phi) is 5.45. The van der Waals surface area contributed by atoms with Crippen molar-refractivity contribution in [2.45, 2.75) is 13.0 Å². The summed E-state index contributed by atoms with van der Waals surface area (Å²) in [5.41, 5.74) is 0.345. The van der Waals surface area contributed by atoms with Gasteiger partial charge in [-0.05, 0) is 49.4 Å². The number of benzene rings is 2. The number of esters is 1. The van der Waals surface area contributed by atoms with E-state index >= 15 is 0 Å². The molecule has 0 saturated heterocycles. The Labute approximate surface area is 139 Å². The standard InChI is InChI=1S/C17H14ClNO4/c1-11(17(20)21-2)22-14-4-6-15(7-5-14)23-16-8-3-13(18)9-12(16)10-19/h3-9,11H,1-2H3. The molecule has 0 radical (unpaired) electrons. The first kappa shape index (κ1) is 16.7. The number of methoxy groups -OCH3 is 1. The molecule has 0 bridgehead atoms. The Hall–Kier alpha value is -2.71. The van der Waals surface area contributed by atoms with Crippen molar-refractivity contribution in [2.24, 2.45) is 0 Å². The Morgan fingerprint density at radius 1 is 1.17 bits per heavy atom. The quantitative estimate of drug-likeness (QED) is 0.776. The second-order valence-electron chi connectivity index (χ2n) is 4.61. The third-order valence-electron chi connectivity index (χ3n) is 2.96.